The Bertz CT molecular complexity index is 647. The van der Waals surface area contributed by atoms with Crippen LogP contribution in [0.1, 0.15) is 39.9 Å². The predicted molar refractivity (Wildman–Crippen MR) is 79.5 cm³/mol. The van der Waals surface area contributed by atoms with Crippen molar-refractivity contribution in [3.63, 3.8) is 0 Å². The van der Waals surface area contributed by atoms with Crippen LogP contribution in [-0.2, 0) is 4.79 Å². The zero-order chi connectivity index (χ0) is 15.4. The Morgan fingerprint density at radius 2 is 2.10 bits per heavy atom. The van der Waals surface area contributed by atoms with Crippen molar-refractivity contribution >= 4 is 29.1 Å². The van der Waals surface area contributed by atoms with Crippen LogP contribution in [0, 0.1) is 19.8 Å². The van der Waals surface area contributed by atoms with Gasteiger partial charge in [-0.1, -0.05) is 0 Å². The van der Waals surface area contributed by atoms with E-state index in [9.17, 15) is 14.4 Å². The molecule has 112 valence electrons. The second kappa shape index (κ2) is 4.66. The van der Waals surface area contributed by atoms with Gasteiger partial charge in [-0.25, -0.2) is 4.79 Å². The van der Waals surface area contributed by atoms with E-state index < -0.39 is 11.6 Å². The van der Waals surface area contributed by atoms with Crippen molar-refractivity contribution in [2.24, 2.45) is 5.92 Å². The van der Waals surface area contributed by atoms with E-state index in [0.29, 0.717) is 5.56 Å². The molecule has 0 unspecified atom stereocenters. The third kappa shape index (κ3) is 2.27. The van der Waals surface area contributed by atoms with Crippen LogP contribution in [0.2, 0.25) is 0 Å². The number of hydrogen-bond donors (Lipinski definition) is 1. The Morgan fingerprint density at radius 1 is 1.43 bits per heavy atom. The molecule has 0 bridgehead atoms. The van der Waals surface area contributed by atoms with Crippen molar-refractivity contribution in [2.45, 2.75) is 39.2 Å². The minimum Gasteiger partial charge on any atom is -0.323 e. The zero-order valence-corrected chi connectivity index (χ0v) is 13.2. The fraction of sp³-hybridized carbons (Fsp3) is 0.533. The number of urea groups is 1. The number of nitrogens with zero attached hydrogens (tertiary/aromatic N) is 1. The minimum absolute atomic E-state index is 0.177. The van der Waals surface area contributed by atoms with E-state index in [1.54, 1.807) is 18.3 Å². The lowest BCUT2D eigenvalue weighted by Crippen LogP contribution is -2.46. The van der Waals surface area contributed by atoms with Crippen LogP contribution >= 0.6 is 11.3 Å². The van der Waals surface area contributed by atoms with Crippen molar-refractivity contribution in [2.75, 3.05) is 6.54 Å². The highest BCUT2D eigenvalue weighted by Crippen LogP contribution is 2.42. The normalized spacial score (nSPS) is 25.4. The molecule has 5 nitrogen and oxygen atoms in total. The Labute approximate surface area is 127 Å². The van der Waals surface area contributed by atoms with Crippen molar-refractivity contribution in [1.82, 2.24) is 10.2 Å². The van der Waals surface area contributed by atoms with Crippen LogP contribution in [0.5, 0.6) is 0 Å². The third-order valence-corrected chi connectivity index (χ3v) is 5.30. The zero-order valence-electron chi connectivity index (χ0n) is 12.4. The molecule has 1 aliphatic carbocycles. The second-order valence-electron chi connectivity index (χ2n) is 6.05. The van der Waals surface area contributed by atoms with Gasteiger partial charge in [-0.15, -0.1) is 11.3 Å². The Kier molecular flexibility index (Phi) is 3.16. The summed E-state index contributed by atoms with van der Waals surface area (Å²) in [5.41, 5.74) is -0.213. The molecule has 1 aromatic rings. The van der Waals surface area contributed by atoms with Crippen molar-refractivity contribution in [3.05, 3.63) is 21.4 Å². The molecule has 1 N–H and O–H groups in total. The van der Waals surface area contributed by atoms with E-state index in [4.69, 9.17) is 0 Å². The van der Waals surface area contributed by atoms with E-state index in [0.717, 1.165) is 27.5 Å². The molecular weight excluding hydrogens is 288 g/mol. The first-order valence-corrected chi connectivity index (χ1v) is 7.89. The molecule has 1 saturated carbocycles. The number of Topliss-reactive ketones (excluding diaryl/α,β-unsaturated/α-hetero) is 1. The average molecular weight is 306 g/mol. The van der Waals surface area contributed by atoms with Gasteiger partial charge in [-0.2, -0.15) is 0 Å². The first-order valence-electron chi connectivity index (χ1n) is 7.07. The number of amides is 3. The monoisotopic (exact) mass is 306 g/mol. The van der Waals surface area contributed by atoms with Gasteiger partial charge in [-0.3, -0.25) is 14.5 Å². The van der Waals surface area contributed by atoms with E-state index in [1.165, 1.54) is 0 Å². The van der Waals surface area contributed by atoms with Crippen LogP contribution in [0.25, 0.3) is 0 Å². The van der Waals surface area contributed by atoms with Gasteiger partial charge in [0.1, 0.15) is 5.54 Å². The third-order valence-electron chi connectivity index (χ3n) is 4.34. The second-order valence-corrected chi connectivity index (χ2v) is 7.51. The summed E-state index contributed by atoms with van der Waals surface area (Å²) < 4.78 is 0. The molecule has 1 aliphatic heterocycles. The fourth-order valence-corrected chi connectivity index (χ4v) is 3.88. The maximum Gasteiger partial charge on any atom is 0.325 e. The van der Waals surface area contributed by atoms with Crippen LogP contribution < -0.4 is 5.32 Å². The highest BCUT2D eigenvalue weighted by atomic mass is 32.1. The van der Waals surface area contributed by atoms with E-state index in [-0.39, 0.29) is 24.2 Å². The number of carbonyl (C=O) groups excluding carboxylic acids is 3. The molecule has 1 atom stereocenters. The lowest BCUT2D eigenvalue weighted by Gasteiger charge is -2.20. The lowest BCUT2D eigenvalue weighted by atomic mass is 9.96. The number of aryl methyl sites for hydroxylation is 2. The van der Waals surface area contributed by atoms with Gasteiger partial charge in [0.05, 0.1) is 6.54 Å². The van der Waals surface area contributed by atoms with Gasteiger partial charge in [0.2, 0.25) is 0 Å². The lowest BCUT2D eigenvalue weighted by molar-refractivity contribution is -0.131. The summed E-state index contributed by atoms with van der Waals surface area (Å²) in [6.07, 6.45) is 1.90. The molecule has 21 heavy (non-hydrogen) atoms. The number of imide groups is 1. The Hall–Kier alpha value is -1.69. The summed E-state index contributed by atoms with van der Waals surface area (Å²) in [5.74, 6) is -0.243. The van der Waals surface area contributed by atoms with Crippen molar-refractivity contribution < 1.29 is 14.4 Å². The Balaban J connectivity index is 1.78. The summed E-state index contributed by atoms with van der Waals surface area (Å²) in [6.45, 7) is 5.40. The van der Waals surface area contributed by atoms with E-state index in [2.05, 4.69) is 5.32 Å². The SMILES string of the molecule is Cc1cc(C(=O)CN2C(=O)N[C@@](C)(C3CC3)C2=O)c(C)s1. The Morgan fingerprint density at radius 3 is 2.62 bits per heavy atom. The minimum atomic E-state index is -0.822. The molecule has 2 aliphatic rings. The molecule has 6 heteroatoms. The molecule has 0 radical (unpaired) electrons. The van der Waals surface area contributed by atoms with Crippen LogP contribution in [0.15, 0.2) is 6.07 Å². The number of carbonyl (C=O) groups is 3. The summed E-state index contributed by atoms with van der Waals surface area (Å²) in [4.78, 5) is 39.9. The quantitative estimate of drug-likeness (QED) is 0.685. The topological polar surface area (TPSA) is 66.5 Å². The predicted octanol–water partition coefficient (Wildman–Crippen LogP) is 2.27. The summed E-state index contributed by atoms with van der Waals surface area (Å²) in [5, 5.41) is 2.76. The van der Waals surface area contributed by atoms with Gasteiger partial charge >= 0.3 is 6.03 Å². The van der Waals surface area contributed by atoms with Gasteiger partial charge in [0.25, 0.3) is 5.91 Å². The molecule has 0 aromatic carbocycles. The summed E-state index contributed by atoms with van der Waals surface area (Å²) in [6, 6.07) is 1.37. The largest absolute Gasteiger partial charge is 0.325 e. The standard InChI is InChI=1S/C15H18N2O3S/c1-8-6-11(9(2)21-8)12(18)7-17-13(19)15(3,10-4-5-10)16-14(17)20/h6,10H,4-5,7H2,1-3H3,(H,16,20)/t15-/m0/s1. The maximum absolute atomic E-state index is 12.5. The fourth-order valence-electron chi connectivity index (χ4n) is 2.93. The maximum atomic E-state index is 12.5. The first-order chi connectivity index (χ1) is 9.83. The van der Waals surface area contributed by atoms with Gasteiger partial charge in [0.15, 0.2) is 5.78 Å². The summed E-state index contributed by atoms with van der Waals surface area (Å²) in [7, 11) is 0. The van der Waals surface area contributed by atoms with Crippen molar-refractivity contribution in [1.29, 1.82) is 0 Å². The molecule has 2 fully saturated rings. The van der Waals surface area contributed by atoms with Crippen molar-refractivity contribution in [3.8, 4) is 0 Å². The summed E-state index contributed by atoms with van der Waals surface area (Å²) >= 11 is 1.55. The number of hydrogen-bond acceptors (Lipinski definition) is 4. The molecule has 1 aromatic heterocycles. The van der Waals surface area contributed by atoms with E-state index in [1.807, 2.05) is 19.9 Å². The van der Waals surface area contributed by atoms with Crippen LogP contribution in [-0.4, -0.2) is 34.7 Å². The van der Waals surface area contributed by atoms with Gasteiger partial charge < -0.3 is 5.32 Å². The molecule has 2 heterocycles. The van der Waals surface area contributed by atoms with Gasteiger partial charge in [-0.05, 0) is 45.6 Å². The molecule has 3 amide bonds. The first kappa shape index (κ1) is 14.3. The molecule has 0 spiro atoms. The molecule has 3 rings (SSSR count). The molecular formula is C15H18N2O3S. The highest BCUT2D eigenvalue weighted by molar-refractivity contribution is 7.12. The average Bonchev–Trinajstić information content (AvgIpc) is 3.17. The number of ketones is 1. The smallest absolute Gasteiger partial charge is 0.323 e. The van der Waals surface area contributed by atoms with Gasteiger partial charge in [0, 0.05) is 15.3 Å². The number of rotatable bonds is 4. The van der Waals surface area contributed by atoms with Crippen LogP contribution in [0.3, 0.4) is 0 Å². The molecule has 1 saturated heterocycles. The highest BCUT2D eigenvalue weighted by Gasteiger charge is 2.56. The van der Waals surface area contributed by atoms with Crippen LogP contribution in [0.4, 0.5) is 4.79 Å². The van der Waals surface area contributed by atoms with E-state index >= 15 is 0 Å². The number of thiophene rings is 1. The number of nitrogens with one attached hydrogen (secondary N) is 1.